The van der Waals surface area contributed by atoms with E-state index in [1.165, 1.54) is 12.1 Å². The van der Waals surface area contributed by atoms with Crippen LogP contribution < -0.4 is 21.7 Å². The molecular formula is C26H31Cl2F3N8O. The van der Waals surface area contributed by atoms with Crippen LogP contribution in [0.1, 0.15) is 42.3 Å². The van der Waals surface area contributed by atoms with Crippen molar-refractivity contribution in [3.05, 3.63) is 57.3 Å². The third-order valence-corrected chi connectivity index (χ3v) is 7.32. The van der Waals surface area contributed by atoms with E-state index < -0.39 is 16.9 Å². The van der Waals surface area contributed by atoms with Gasteiger partial charge >= 0.3 is 6.18 Å². The van der Waals surface area contributed by atoms with E-state index >= 15 is 0 Å². The lowest BCUT2D eigenvalue weighted by molar-refractivity contribution is -0.141. The zero-order valence-electron chi connectivity index (χ0n) is 21.6. The van der Waals surface area contributed by atoms with Crippen molar-refractivity contribution in [2.24, 2.45) is 5.73 Å². The number of fused-ring (bicyclic) bond motifs is 3. The Labute approximate surface area is 239 Å². The summed E-state index contributed by atoms with van der Waals surface area (Å²) in [5.41, 5.74) is 7.22. The van der Waals surface area contributed by atoms with Gasteiger partial charge in [0.15, 0.2) is 11.7 Å². The largest absolute Gasteiger partial charge is 0.434 e. The first-order chi connectivity index (χ1) is 19.0. The van der Waals surface area contributed by atoms with Crippen LogP contribution in [-0.2, 0) is 17.4 Å². The van der Waals surface area contributed by atoms with Crippen molar-refractivity contribution in [2.75, 3.05) is 38.0 Å². The summed E-state index contributed by atoms with van der Waals surface area (Å²) in [5, 5.41) is 17.1. The number of H-pyrrole nitrogens is 1. The van der Waals surface area contributed by atoms with E-state index in [4.69, 9.17) is 34.3 Å². The number of hydrogen-bond acceptors (Lipinski definition) is 5. The van der Waals surface area contributed by atoms with E-state index in [1.54, 1.807) is 0 Å². The number of aromatic amines is 1. The third-order valence-electron chi connectivity index (χ3n) is 6.78. The summed E-state index contributed by atoms with van der Waals surface area (Å²) in [5.74, 6) is -0.101. The second-order valence-corrected chi connectivity index (χ2v) is 10.4. The van der Waals surface area contributed by atoms with E-state index in [9.17, 15) is 18.0 Å². The van der Waals surface area contributed by atoms with Gasteiger partial charge in [0.05, 0.1) is 11.1 Å². The molecule has 1 unspecified atom stereocenters. The number of guanidine groups is 1. The Morgan fingerprint density at radius 1 is 1.18 bits per heavy atom. The van der Waals surface area contributed by atoms with Crippen LogP contribution in [0.5, 0.6) is 0 Å². The fourth-order valence-electron chi connectivity index (χ4n) is 4.89. The molecule has 0 saturated heterocycles. The highest BCUT2D eigenvalue weighted by Crippen LogP contribution is 2.36. The molecule has 0 aliphatic carbocycles. The number of carbonyl (C=O) groups excluding carboxylic acids is 1. The van der Waals surface area contributed by atoms with Crippen molar-refractivity contribution in [1.82, 2.24) is 25.5 Å². The van der Waals surface area contributed by atoms with Crippen LogP contribution in [0, 0.1) is 5.41 Å². The summed E-state index contributed by atoms with van der Waals surface area (Å²) < 4.78 is 39.6. The zero-order chi connectivity index (χ0) is 28.9. The highest BCUT2D eigenvalue weighted by molar-refractivity contribution is 6.31. The summed E-state index contributed by atoms with van der Waals surface area (Å²) in [4.78, 5) is 21.9. The third kappa shape index (κ3) is 7.49. The number of nitrogens with one attached hydrogen (secondary N) is 5. The minimum Gasteiger partial charge on any atom is -0.370 e. The molecule has 1 aliphatic heterocycles. The zero-order valence-corrected chi connectivity index (χ0v) is 23.1. The maximum absolute atomic E-state index is 13.2. The van der Waals surface area contributed by atoms with Crippen LogP contribution in [0.2, 0.25) is 10.0 Å². The van der Waals surface area contributed by atoms with Gasteiger partial charge in [0.2, 0.25) is 5.91 Å². The molecular weight excluding hydrogens is 568 g/mol. The smallest absolute Gasteiger partial charge is 0.370 e. The fraction of sp³-hybridized carbons (Fsp3) is 0.423. The van der Waals surface area contributed by atoms with Crippen molar-refractivity contribution >= 4 is 51.8 Å². The number of rotatable bonds is 11. The van der Waals surface area contributed by atoms with Gasteiger partial charge in [0.25, 0.3) is 0 Å². The summed E-state index contributed by atoms with van der Waals surface area (Å²) in [6.07, 6.45) is -2.21. The molecule has 1 aromatic carbocycles. The van der Waals surface area contributed by atoms with Crippen molar-refractivity contribution < 1.29 is 18.0 Å². The van der Waals surface area contributed by atoms with Crippen LogP contribution in [0.25, 0.3) is 10.9 Å². The summed E-state index contributed by atoms with van der Waals surface area (Å²) >= 11 is 11.9. The Morgan fingerprint density at radius 3 is 2.73 bits per heavy atom. The number of halogens is 5. The van der Waals surface area contributed by atoms with Gasteiger partial charge in [0, 0.05) is 60.8 Å². The van der Waals surface area contributed by atoms with Crippen LogP contribution in [0.3, 0.4) is 0 Å². The van der Waals surface area contributed by atoms with E-state index in [2.05, 4.69) is 30.8 Å². The van der Waals surface area contributed by atoms with Gasteiger partial charge in [-0.15, -0.1) is 0 Å². The van der Waals surface area contributed by atoms with Crippen molar-refractivity contribution in [1.29, 1.82) is 5.41 Å². The van der Waals surface area contributed by atoms with Gasteiger partial charge in [-0.05, 0) is 55.2 Å². The Bertz CT molecular complexity index is 1360. The number of anilines is 1. The van der Waals surface area contributed by atoms with Crippen LogP contribution in [0.4, 0.5) is 19.0 Å². The first kappa shape index (κ1) is 29.8. The Morgan fingerprint density at radius 2 is 1.98 bits per heavy atom. The summed E-state index contributed by atoms with van der Waals surface area (Å²) in [6.45, 7) is 2.40. The number of nitrogens with two attached hydrogens (primary N) is 1. The number of alkyl halides is 3. The first-order valence-electron chi connectivity index (χ1n) is 12.9. The lowest BCUT2D eigenvalue weighted by Gasteiger charge is -2.36. The lowest BCUT2D eigenvalue weighted by Crippen LogP contribution is -2.44. The molecule has 9 nitrogen and oxygen atoms in total. The molecule has 1 aliphatic rings. The standard InChI is InChI=1S/C26H31Cl2F3N8O/c27-15-4-6-19-17(13-15)16-8-11-39(12-10-34-21-7-5-18(28)24(38-21)26(29,30)31)20(23(16)37-19)14-36-22(40)3-1-2-9-35-25(32)33/h4-7,13,20,37H,1-3,8-12,14H2,(H,34,38)(H,36,40)(H4,32,33,35). The molecule has 3 aromatic rings. The predicted molar refractivity (Wildman–Crippen MR) is 151 cm³/mol. The maximum Gasteiger partial charge on any atom is 0.434 e. The van der Waals surface area contributed by atoms with Crippen molar-refractivity contribution in [3.63, 3.8) is 0 Å². The van der Waals surface area contributed by atoms with E-state index in [1.807, 2.05) is 18.2 Å². The minimum absolute atomic E-state index is 0.0822. The van der Waals surface area contributed by atoms with E-state index in [0.717, 1.165) is 28.6 Å². The molecule has 0 saturated carbocycles. The minimum atomic E-state index is -4.65. The van der Waals surface area contributed by atoms with E-state index in [-0.39, 0.29) is 23.7 Å². The topological polar surface area (TPSA) is 135 Å². The van der Waals surface area contributed by atoms with Gasteiger partial charge in [-0.25, -0.2) is 4.98 Å². The number of nitrogens with zero attached hydrogens (tertiary/aromatic N) is 2. The van der Waals surface area contributed by atoms with Gasteiger partial charge < -0.3 is 26.7 Å². The first-order valence-corrected chi connectivity index (χ1v) is 13.6. The molecule has 14 heteroatoms. The fourth-order valence-corrected chi connectivity index (χ4v) is 5.27. The molecule has 40 heavy (non-hydrogen) atoms. The highest BCUT2D eigenvalue weighted by Gasteiger charge is 2.35. The van der Waals surface area contributed by atoms with E-state index in [0.29, 0.717) is 57.0 Å². The van der Waals surface area contributed by atoms with Gasteiger partial charge in [-0.3, -0.25) is 15.1 Å². The lowest BCUT2D eigenvalue weighted by atomic mass is 9.97. The highest BCUT2D eigenvalue weighted by atomic mass is 35.5. The Hall–Kier alpha value is -3.22. The van der Waals surface area contributed by atoms with Gasteiger partial charge in [-0.1, -0.05) is 23.2 Å². The second-order valence-electron chi connectivity index (χ2n) is 9.56. The molecule has 3 heterocycles. The maximum atomic E-state index is 13.2. The monoisotopic (exact) mass is 598 g/mol. The molecule has 0 fully saturated rings. The number of pyridine rings is 1. The summed E-state index contributed by atoms with van der Waals surface area (Å²) in [6, 6.07) is 8.09. The SMILES string of the molecule is N=C(N)NCCCCC(=O)NCC1c2[nH]c3ccc(Cl)cc3c2CCN1CCNc1ccc(Cl)c(C(F)(F)F)n1. The quantitative estimate of drug-likeness (QED) is 0.108. The normalized spacial score (nSPS) is 15.6. The molecule has 0 spiro atoms. The molecule has 2 aromatic heterocycles. The van der Waals surface area contributed by atoms with Gasteiger partial charge in [-0.2, -0.15) is 13.2 Å². The number of unbranched alkanes of at least 4 members (excludes halogenated alkanes) is 1. The number of hydrogen-bond donors (Lipinski definition) is 6. The Kier molecular flexibility index (Phi) is 9.64. The molecule has 7 N–H and O–H groups in total. The number of carbonyl (C=O) groups is 1. The number of aromatic nitrogens is 2. The molecule has 0 radical (unpaired) electrons. The molecule has 1 atom stereocenters. The van der Waals surface area contributed by atoms with Crippen LogP contribution in [0.15, 0.2) is 30.3 Å². The second kappa shape index (κ2) is 13.0. The van der Waals surface area contributed by atoms with Crippen molar-refractivity contribution in [3.8, 4) is 0 Å². The van der Waals surface area contributed by atoms with Crippen LogP contribution >= 0.6 is 23.2 Å². The average Bonchev–Trinajstić information content (AvgIpc) is 3.25. The van der Waals surface area contributed by atoms with Gasteiger partial charge in [0.1, 0.15) is 5.82 Å². The summed E-state index contributed by atoms with van der Waals surface area (Å²) in [7, 11) is 0. The molecule has 4 rings (SSSR count). The molecule has 0 bridgehead atoms. The number of benzene rings is 1. The molecule has 1 amide bonds. The molecule has 216 valence electrons. The average molecular weight is 599 g/mol. The van der Waals surface area contributed by atoms with Crippen molar-refractivity contribution in [2.45, 2.75) is 37.9 Å². The Balaban J connectivity index is 1.43. The predicted octanol–water partition coefficient (Wildman–Crippen LogP) is 4.67. The van der Waals surface area contributed by atoms with Crippen LogP contribution in [-0.4, -0.2) is 59.5 Å². The number of amides is 1.